The first-order valence-corrected chi connectivity index (χ1v) is 16.6. The van der Waals surface area contributed by atoms with E-state index in [1.54, 1.807) is 0 Å². The van der Waals surface area contributed by atoms with Gasteiger partial charge in [0.25, 0.3) is 0 Å². The van der Waals surface area contributed by atoms with Gasteiger partial charge in [-0.05, 0) is 67.9 Å². The van der Waals surface area contributed by atoms with E-state index in [-0.39, 0.29) is 17.7 Å². The van der Waals surface area contributed by atoms with Crippen molar-refractivity contribution in [2.45, 2.75) is 52.4 Å². The molecular weight excluding hydrogens is 551 g/mol. The summed E-state index contributed by atoms with van der Waals surface area (Å²) in [6, 6.07) is 37.0. The maximum Gasteiger partial charge on any atom is 0.333 e. The van der Waals surface area contributed by atoms with Gasteiger partial charge in [-0.3, -0.25) is 0 Å². The van der Waals surface area contributed by atoms with Crippen molar-refractivity contribution in [2.75, 3.05) is 4.90 Å². The van der Waals surface area contributed by atoms with Crippen LogP contribution in [0.2, 0.25) is 0 Å². The van der Waals surface area contributed by atoms with Crippen LogP contribution in [0.4, 0.5) is 17.1 Å². The van der Waals surface area contributed by atoms with Crippen molar-refractivity contribution in [3.8, 4) is 10.4 Å². The van der Waals surface area contributed by atoms with Crippen LogP contribution in [0, 0.1) is 0 Å². The molecule has 4 heteroatoms. The molecule has 2 aromatic heterocycles. The molecule has 214 valence electrons. The molecule has 5 aromatic carbocycles. The molecule has 0 radical (unpaired) electrons. The van der Waals surface area contributed by atoms with Gasteiger partial charge in [0.1, 0.15) is 0 Å². The second-order valence-electron chi connectivity index (χ2n) is 14.7. The minimum absolute atomic E-state index is 0.0445. The van der Waals surface area contributed by atoms with Crippen LogP contribution in [-0.2, 0) is 10.8 Å². The summed E-state index contributed by atoms with van der Waals surface area (Å²) in [5, 5.41) is 7.74. The van der Waals surface area contributed by atoms with E-state index in [0.717, 1.165) is 0 Å². The molecule has 2 nitrogen and oxygen atoms in total. The maximum absolute atomic E-state index is 2.68. The van der Waals surface area contributed by atoms with E-state index < -0.39 is 0 Å². The summed E-state index contributed by atoms with van der Waals surface area (Å²) in [5.41, 5.74) is 13.5. The molecular formula is C40H35BN2S. The Hall–Kier alpha value is -4.28. The number of benzene rings is 5. The van der Waals surface area contributed by atoms with Crippen LogP contribution in [-0.4, -0.2) is 11.3 Å². The smallest absolute Gasteiger partial charge is 0.333 e. The predicted molar refractivity (Wildman–Crippen MR) is 193 cm³/mol. The number of aromatic nitrogens is 1. The summed E-state index contributed by atoms with van der Waals surface area (Å²) < 4.78 is 2.68. The number of anilines is 3. The van der Waals surface area contributed by atoms with E-state index >= 15 is 0 Å². The normalized spacial score (nSPS) is 14.0. The molecule has 0 fully saturated rings. The number of para-hydroxylation sites is 1. The Balaban J connectivity index is 1.39. The number of fused-ring (bicyclic) bond motifs is 9. The highest BCUT2D eigenvalue weighted by atomic mass is 32.1. The van der Waals surface area contributed by atoms with E-state index in [1.165, 1.54) is 82.1 Å². The number of thiophene rings is 1. The molecule has 2 aliphatic heterocycles. The summed E-state index contributed by atoms with van der Waals surface area (Å²) in [6.07, 6.45) is 0. The van der Waals surface area contributed by atoms with Gasteiger partial charge >= 0.3 is 6.85 Å². The van der Waals surface area contributed by atoms with Crippen LogP contribution >= 0.6 is 11.3 Å². The summed E-state index contributed by atoms with van der Waals surface area (Å²) in [4.78, 5) is 3.92. The van der Waals surface area contributed by atoms with Crippen molar-refractivity contribution in [1.82, 2.24) is 4.48 Å². The van der Waals surface area contributed by atoms with Gasteiger partial charge in [-0.2, -0.15) is 0 Å². The molecule has 0 bridgehead atoms. The average Bonchev–Trinajstić information content (AvgIpc) is 3.59. The van der Waals surface area contributed by atoms with Gasteiger partial charge in [0.2, 0.25) is 0 Å². The SMILES string of the molecule is CC(C)(C)c1ccc(N2c3ccc(C(C)(C)C)cc3B3c4c2csc4-c2cccc4c5c6ccccc6ccc5n3c24)cc1. The van der Waals surface area contributed by atoms with Crippen molar-refractivity contribution in [2.24, 2.45) is 0 Å². The summed E-state index contributed by atoms with van der Waals surface area (Å²) in [6.45, 7) is 13.9. The zero-order chi connectivity index (χ0) is 30.1. The highest BCUT2D eigenvalue weighted by Crippen LogP contribution is 2.48. The summed E-state index contributed by atoms with van der Waals surface area (Å²) in [5.74, 6) is 0. The Morgan fingerprint density at radius 3 is 2.16 bits per heavy atom. The lowest BCUT2D eigenvalue weighted by Crippen LogP contribution is -2.56. The van der Waals surface area contributed by atoms with E-state index in [0.29, 0.717) is 0 Å². The van der Waals surface area contributed by atoms with Gasteiger partial charge in [0, 0.05) is 49.0 Å². The first-order valence-electron chi connectivity index (χ1n) is 15.7. The summed E-state index contributed by atoms with van der Waals surface area (Å²) >= 11 is 1.90. The van der Waals surface area contributed by atoms with Gasteiger partial charge in [-0.15, -0.1) is 11.3 Å². The van der Waals surface area contributed by atoms with Gasteiger partial charge in [-0.1, -0.05) is 114 Å². The molecule has 2 aliphatic rings. The van der Waals surface area contributed by atoms with Crippen molar-refractivity contribution in [3.63, 3.8) is 0 Å². The lowest BCUT2D eigenvalue weighted by molar-refractivity contribution is 0.590. The Kier molecular flexibility index (Phi) is 5.15. The third-order valence-electron chi connectivity index (χ3n) is 9.96. The molecule has 7 aromatic rings. The minimum Gasteiger partial charge on any atom is -0.375 e. The van der Waals surface area contributed by atoms with Crippen LogP contribution < -0.4 is 15.8 Å². The van der Waals surface area contributed by atoms with Crippen LogP contribution in [0.1, 0.15) is 52.7 Å². The number of rotatable bonds is 1. The molecule has 9 rings (SSSR count). The van der Waals surface area contributed by atoms with Crippen LogP contribution in [0.25, 0.3) is 43.0 Å². The van der Waals surface area contributed by atoms with E-state index in [4.69, 9.17) is 0 Å². The lowest BCUT2D eigenvalue weighted by atomic mass is 9.46. The highest BCUT2D eigenvalue weighted by molar-refractivity contribution is 7.17. The second kappa shape index (κ2) is 8.67. The van der Waals surface area contributed by atoms with Gasteiger partial charge in [0.05, 0.1) is 5.69 Å². The second-order valence-corrected chi connectivity index (χ2v) is 15.6. The highest BCUT2D eigenvalue weighted by Gasteiger charge is 2.44. The van der Waals surface area contributed by atoms with E-state index in [9.17, 15) is 0 Å². The average molecular weight is 587 g/mol. The molecule has 0 saturated heterocycles. The Morgan fingerprint density at radius 1 is 0.659 bits per heavy atom. The Labute approximate surface area is 263 Å². The first-order chi connectivity index (χ1) is 21.1. The van der Waals surface area contributed by atoms with E-state index in [1.807, 2.05) is 11.3 Å². The quantitative estimate of drug-likeness (QED) is 0.174. The fourth-order valence-corrected chi connectivity index (χ4v) is 8.81. The zero-order valence-corrected chi connectivity index (χ0v) is 27.0. The third-order valence-corrected chi connectivity index (χ3v) is 11.0. The number of hydrogen-bond acceptors (Lipinski definition) is 2. The topological polar surface area (TPSA) is 8.17 Å². The fourth-order valence-electron chi connectivity index (χ4n) is 7.71. The van der Waals surface area contributed by atoms with Crippen molar-refractivity contribution >= 4 is 78.8 Å². The Bertz CT molecular complexity index is 2310. The molecule has 0 unspecified atom stereocenters. The predicted octanol–water partition coefficient (Wildman–Crippen LogP) is 10.0. The number of nitrogens with zero attached hydrogens (tertiary/aromatic N) is 2. The standard InChI is InChI=1S/C40H35BN2S/c1-39(2,3)25-15-18-27(19-16-25)42-32-21-17-26(40(4,5)6)22-31(32)41-36-34(42)23-44-38(36)30-13-9-12-29-35-28-11-8-7-10-24(28)14-20-33(35)43(41)37(29)30/h7-23H,1-6H3. The maximum atomic E-state index is 2.68. The monoisotopic (exact) mass is 586 g/mol. The first kappa shape index (κ1) is 26.2. The Morgan fingerprint density at radius 2 is 1.39 bits per heavy atom. The van der Waals surface area contributed by atoms with Crippen molar-refractivity contribution < 1.29 is 0 Å². The van der Waals surface area contributed by atoms with Gasteiger partial charge in [-0.25, -0.2) is 0 Å². The lowest BCUT2D eigenvalue weighted by Gasteiger charge is -2.38. The molecule has 0 spiro atoms. The van der Waals surface area contributed by atoms with Crippen molar-refractivity contribution in [3.05, 3.63) is 114 Å². The zero-order valence-electron chi connectivity index (χ0n) is 26.2. The third kappa shape index (κ3) is 3.43. The van der Waals surface area contributed by atoms with Gasteiger partial charge < -0.3 is 9.38 Å². The molecule has 0 amide bonds. The van der Waals surface area contributed by atoms with E-state index in [2.05, 4.69) is 153 Å². The largest absolute Gasteiger partial charge is 0.375 e. The summed E-state index contributed by atoms with van der Waals surface area (Å²) in [7, 11) is 0. The van der Waals surface area contributed by atoms with Gasteiger partial charge in [0.15, 0.2) is 0 Å². The molecule has 0 saturated carbocycles. The fraction of sp³-hybridized carbons (Fsp3) is 0.200. The van der Waals surface area contributed by atoms with Crippen LogP contribution in [0.5, 0.6) is 0 Å². The number of hydrogen-bond donors (Lipinski definition) is 0. The van der Waals surface area contributed by atoms with Crippen LogP contribution in [0.15, 0.2) is 102 Å². The van der Waals surface area contributed by atoms with Crippen molar-refractivity contribution in [1.29, 1.82) is 0 Å². The molecule has 0 N–H and O–H groups in total. The van der Waals surface area contributed by atoms with Crippen LogP contribution in [0.3, 0.4) is 0 Å². The molecule has 0 aliphatic carbocycles. The molecule has 4 heterocycles. The molecule has 44 heavy (non-hydrogen) atoms. The molecule has 0 atom stereocenters. The minimum atomic E-state index is 0.0445.